The predicted molar refractivity (Wildman–Crippen MR) is 106 cm³/mol. The average Bonchev–Trinajstić information content (AvgIpc) is 2.65. The van der Waals surface area contributed by atoms with E-state index >= 15 is 0 Å². The number of rotatable bonds is 7. The summed E-state index contributed by atoms with van der Waals surface area (Å²) < 4.78 is 5.19. The first kappa shape index (κ1) is 19.6. The molecule has 0 aliphatic carbocycles. The molecule has 2 rings (SSSR count). The quantitative estimate of drug-likeness (QED) is 0.453. The van der Waals surface area contributed by atoms with Crippen molar-refractivity contribution in [2.45, 2.75) is 51.6 Å². The van der Waals surface area contributed by atoms with E-state index in [2.05, 4.69) is 46.5 Å². The normalized spacial score (nSPS) is 16.9. The van der Waals surface area contributed by atoms with Crippen LogP contribution in [-0.2, 0) is 6.42 Å². The first-order valence-corrected chi connectivity index (χ1v) is 9.46. The van der Waals surface area contributed by atoms with Crippen LogP contribution >= 0.6 is 0 Å². The van der Waals surface area contributed by atoms with Gasteiger partial charge in [0, 0.05) is 38.8 Å². The van der Waals surface area contributed by atoms with Crippen LogP contribution in [0.1, 0.15) is 38.7 Å². The van der Waals surface area contributed by atoms with E-state index < -0.39 is 0 Å². The molecule has 1 saturated heterocycles. The van der Waals surface area contributed by atoms with Crippen LogP contribution in [0.3, 0.4) is 0 Å². The second kappa shape index (κ2) is 10.3. The van der Waals surface area contributed by atoms with Gasteiger partial charge in [0.2, 0.25) is 0 Å². The number of hydrogen-bond acceptors (Lipinski definition) is 3. The van der Waals surface area contributed by atoms with E-state index in [1.165, 1.54) is 31.5 Å². The minimum Gasteiger partial charge on any atom is -0.497 e. The highest BCUT2D eigenvalue weighted by atomic mass is 16.5. The Kier molecular flexibility index (Phi) is 8.06. The van der Waals surface area contributed by atoms with Crippen LogP contribution in [0.15, 0.2) is 29.3 Å². The second-order valence-corrected chi connectivity index (χ2v) is 7.00. The van der Waals surface area contributed by atoms with Crippen LogP contribution < -0.4 is 15.4 Å². The molecule has 0 radical (unpaired) electrons. The molecule has 1 aromatic carbocycles. The highest BCUT2D eigenvalue weighted by molar-refractivity contribution is 5.79. The number of nitrogens with one attached hydrogen (secondary N) is 2. The smallest absolute Gasteiger partial charge is 0.191 e. The number of likely N-dealkylation sites (tertiary alicyclic amines) is 1. The average molecular weight is 347 g/mol. The van der Waals surface area contributed by atoms with Crippen molar-refractivity contribution in [3.8, 4) is 5.75 Å². The Bertz CT molecular complexity index is 519. The number of hydrogen-bond donors (Lipinski definition) is 2. The Morgan fingerprint density at radius 3 is 2.48 bits per heavy atom. The molecule has 140 valence electrons. The molecule has 0 saturated carbocycles. The molecular weight excluding hydrogens is 312 g/mol. The van der Waals surface area contributed by atoms with Crippen molar-refractivity contribution in [3.05, 3.63) is 29.8 Å². The van der Waals surface area contributed by atoms with Crippen molar-refractivity contribution in [3.63, 3.8) is 0 Å². The van der Waals surface area contributed by atoms with Gasteiger partial charge in [0.15, 0.2) is 5.96 Å². The summed E-state index contributed by atoms with van der Waals surface area (Å²) in [7, 11) is 3.55. The highest BCUT2D eigenvalue weighted by Gasteiger charge is 2.21. The maximum atomic E-state index is 5.19. The number of methoxy groups -OCH3 is 1. The topological polar surface area (TPSA) is 48.9 Å². The van der Waals surface area contributed by atoms with Gasteiger partial charge in [-0.15, -0.1) is 0 Å². The zero-order valence-corrected chi connectivity index (χ0v) is 16.2. The summed E-state index contributed by atoms with van der Waals surface area (Å²) >= 11 is 0. The SMILES string of the molecule is CN=C(NCCCc1ccc(OC)cc1)NC1CCN(C(C)C)CC1. The summed E-state index contributed by atoms with van der Waals surface area (Å²) in [5.74, 6) is 1.84. The Balaban J connectivity index is 1.65. The highest BCUT2D eigenvalue weighted by Crippen LogP contribution is 2.13. The Morgan fingerprint density at radius 2 is 1.92 bits per heavy atom. The van der Waals surface area contributed by atoms with Crippen molar-refractivity contribution in [1.29, 1.82) is 0 Å². The maximum absolute atomic E-state index is 5.19. The van der Waals surface area contributed by atoms with Gasteiger partial charge in [0.05, 0.1) is 7.11 Å². The molecule has 1 aliphatic rings. The fourth-order valence-electron chi connectivity index (χ4n) is 3.24. The fourth-order valence-corrected chi connectivity index (χ4v) is 3.24. The standard InChI is InChI=1S/C20H34N4O/c1-16(2)24-14-11-18(12-15-24)23-20(21-3)22-13-5-6-17-7-9-19(25-4)10-8-17/h7-10,16,18H,5-6,11-15H2,1-4H3,(H2,21,22,23). The summed E-state index contributed by atoms with van der Waals surface area (Å²) in [6.45, 7) is 7.82. The van der Waals surface area contributed by atoms with Crippen LogP contribution in [0, 0.1) is 0 Å². The van der Waals surface area contributed by atoms with Crippen molar-refractivity contribution < 1.29 is 4.74 Å². The lowest BCUT2D eigenvalue weighted by Gasteiger charge is -2.35. The van der Waals surface area contributed by atoms with Crippen LogP contribution in [0.25, 0.3) is 0 Å². The Labute approximate surface area is 152 Å². The molecule has 0 bridgehead atoms. The molecule has 1 fully saturated rings. The van der Waals surface area contributed by atoms with Crippen LogP contribution in [0.5, 0.6) is 5.75 Å². The van der Waals surface area contributed by atoms with Gasteiger partial charge >= 0.3 is 0 Å². The summed E-state index contributed by atoms with van der Waals surface area (Å²) in [5, 5.41) is 7.02. The second-order valence-electron chi connectivity index (χ2n) is 7.00. The first-order chi connectivity index (χ1) is 12.1. The summed E-state index contributed by atoms with van der Waals surface area (Å²) in [6.07, 6.45) is 4.51. The van der Waals surface area contributed by atoms with E-state index in [0.717, 1.165) is 31.1 Å². The molecule has 0 aromatic heterocycles. The van der Waals surface area contributed by atoms with E-state index in [4.69, 9.17) is 4.74 Å². The van der Waals surface area contributed by atoms with Gasteiger partial charge in [-0.25, -0.2) is 0 Å². The predicted octanol–water partition coefficient (Wildman–Crippen LogP) is 2.67. The Morgan fingerprint density at radius 1 is 1.24 bits per heavy atom. The molecule has 0 atom stereocenters. The van der Waals surface area contributed by atoms with Gasteiger partial charge in [-0.05, 0) is 57.2 Å². The monoisotopic (exact) mass is 346 g/mol. The maximum Gasteiger partial charge on any atom is 0.191 e. The third-order valence-corrected chi connectivity index (χ3v) is 4.92. The van der Waals surface area contributed by atoms with Crippen LogP contribution in [0.2, 0.25) is 0 Å². The summed E-state index contributed by atoms with van der Waals surface area (Å²) in [6, 6.07) is 9.49. The number of ether oxygens (including phenoxy) is 1. The number of nitrogens with zero attached hydrogens (tertiary/aromatic N) is 2. The number of guanidine groups is 1. The molecule has 0 spiro atoms. The largest absolute Gasteiger partial charge is 0.497 e. The Hall–Kier alpha value is -1.75. The lowest BCUT2D eigenvalue weighted by Crippen LogP contribution is -2.50. The molecule has 5 heteroatoms. The first-order valence-electron chi connectivity index (χ1n) is 9.46. The molecule has 1 aliphatic heterocycles. The molecular formula is C20H34N4O. The molecule has 25 heavy (non-hydrogen) atoms. The van der Waals surface area contributed by atoms with E-state index in [9.17, 15) is 0 Å². The molecule has 2 N–H and O–H groups in total. The van der Waals surface area contributed by atoms with Crippen molar-refractivity contribution in [1.82, 2.24) is 15.5 Å². The van der Waals surface area contributed by atoms with E-state index in [1.54, 1.807) is 7.11 Å². The third kappa shape index (κ3) is 6.58. The van der Waals surface area contributed by atoms with Gasteiger partial charge in [-0.2, -0.15) is 0 Å². The van der Waals surface area contributed by atoms with Crippen molar-refractivity contribution in [2.75, 3.05) is 33.8 Å². The zero-order valence-electron chi connectivity index (χ0n) is 16.2. The number of aliphatic imine (C=N–C) groups is 1. The van der Waals surface area contributed by atoms with E-state index in [1.807, 2.05) is 19.2 Å². The van der Waals surface area contributed by atoms with Crippen LogP contribution in [0.4, 0.5) is 0 Å². The molecule has 5 nitrogen and oxygen atoms in total. The molecule has 1 aromatic rings. The van der Waals surface area contributed by atoms with Crippen molar-refractivity contribution >= 4 is 5.96 Å². The van der Waals surface area contributed by atoms with Gasteiger partial charge < -0.3 is 20.3 Å². The van der Waals surface area contributed by atoms with Gasteiger partial charge in [0.1, 0.15) is 5.75 Å². The number of piperidine rings is 1. The zero-order chi connectivity index (χ0) is 18.1. The fraction of sp³-hybridized carbons (Fsp3) is 0.650. The number of aryl methyl sites for hydroxylation is 1. The lowest BCUT2D eigenvalue weighted by atomic mass is 10.0. The number of benzene rings is 1. The van der Waals surface area contributed by atoms with Gasteiger partial charge in [-0.1, -0.05) is 12.1 Å². The minimum absolute atomic E-state index is 0.530. The van der Waals surface area contributed by atoms with Crippen LogP contribution in [-0.4, -0.2) is 56.7 Å². The third-order valence-electron chi connectivity index (χ3n) is 4.92. The van der Waals surface area contributed by atoms with E-state index in [-0.39, 0.29) is 0 Å². The van der Waals surface area contributed by atoms with E-state index in [0.29, 0.717) is 12.1 Å². The summed E-state index contributed by atoms with van der Waals surface area (Å²) in [4.78, 5) is 6.91. The minimum atomic E-state index is 0.530. The molecule has 0 unspecified atom stereocenters. The van der Waals surface area contributed by atoms with Gasteiger partial charge in [0.25, 0.3) is 0 Å². The van der Waals surface area contributed by atoms with Gasteiger partial charge in [-0.3, -0.25) is 4.99 Å². The summed E-state index contributed by atoms with van der Waals surface area (Å²) in [5.41, 5.74) is 1.34. The van der Waals surface area contributed by atoms with Crippen molar-refractivity contribution in [2.24, 2.45) is 4.99 Å². The lowest BCUT2D eigenvalue weighted by molar-refractivity contribution is 0.167. The molecule has 1 heterocycles. The molecule has 0 amide bonds.